The largest absolute Gasteiger partial charge is 1.00 e. The molecule has 0 spiro atoms. The van der Waals surface area contributed by atoms with Gasteiger partial charge in [-0.3, -0.25) is 0 Å². The molecule has 0 unspecified atom stereocenters. The monoisotopic (exact) mass is 277 g/mol. The predicted molar refractivity (Wildman–Crippen MR) is 55.2 cm³/mol. The average Bonchev–Trinajstić information content (AvgIpc) is 1.89. The van der Waals surface area contributed by atoms with Gasteiger partial charge in [0.05, 0.1) is 0 Å². The van der Waals surface area contributed by atoms with E-state index in [9.17, 15) is 17.7 Å². The van der Waals surface area contributed by atoms with E-state index in [0.717, 1.165) is 0 Å². The summed E-state index contributed by atoms with van der Waals surface area (Å²) in [7, 11) is 0. The molecule has 0 N–H and O–H groups in total. The molecule has 1 aliphatic heterocycles. The van der Waals surface area contributed by atoms with E-state index in [2.05, 4.69) is 0 Å². The fraction of sp³-hybridized carbons (Fsp3) is 0.889. The number of ether oxygens (including phenoxy) is 1. The van der Waals surface area contributed by atoms with Gasteiger partial charge in [-0.15, -0.1) is 0 Å². The number of halogens is 3. The Morgan fingerprint density at radius 3 is 2.18 bits per heavy atom. The summed E-state index contributed by atoms with van der Waals surface area (Å²) in [6, 6.07) is 0. The molecule has 1 saturated heterocycles. The van der Waals surface area contributed by atoms with Crippen LogP contribution in [0, 0.1) is 5.92 Å². The number of nitrogens with zero attached hydrogens (tertiary/aromatic N) is 1. The normalized spacial score (nSPS) is 17.2. The van der Waals surface area contributed by atoms with Gasteiger partial charge in [0.1, 0.15) is 5.60 Å². The summed E-state index contributed by atoms with van der Waals surface area (Å²) in [6.07, 6.45) is -1.29. The molecule has 0 bridgehead atoms. The molecule has 1 heterocycles. The summed E-state index contributed by atoms with van der Waals surface area (Å²) >= 11 is 0. The van der Waals surface area contributed by atoms with Crippen molar-refractivity contribution < 1.29 is 73.9 Å². The van der Waals surface area contributed by atoms with Crippen LogP contribution >= 0.6 is 0 Å². The third-order valence-corrected chi connectivity index (χ3v) is 2.21. The number of rotatable bonds is 2. The van der Waals surface area contributed by atoms with Crippen LogP contribution in [0.3, 0.4) is 0 Å². The molecule has 17 heavy (non-hydrogen) atoms. The number of hydrogen-bond donors (Lipinski definition) is 0. The topological polar surface area (TPSA) is 29.5 Å². The van der Waals surface area contributed by atoms with Crippen molar-refractivity contribution in [2.24, 2.45) is 5.92 Å². The first-order chi connectivity index (χ1) is 7.07. The minimum Gasteiger partial charge on any atom is -0.449 e. The first-order valence-corrected chi connectivity index (χ1v) is 5.26. The Balaban J connectivity index is 0.00000256. The summed E-state index contributed by atoms with van der Waals surface area (Å²) in [5.74, 6) is -0.451. The van der Waals surface area contributed by atoms with Crippen LogP contribution in [0.25, 0.3) is 0 Å². The number of carbonyl (C=O) groups excluding carboxylic acids is 1. The van der Waals surface area contributed by atoms with E-state index in [0.29, 0.717) is 0 Å². The second kappa shape index (κ2) is 6.27. The van der Waals surface area contributed by atoms with Gasteiger partial charge < -0.3 is 22.6 Å². The first kappa shape index (κ1) is 17.8. The maximum absolute atomic E-state index is 12.1. The zero-order chi connectivity index (χ0) is 12.6. The fourth-order valence-corrected chi connectivity index (χ4v) is 1.57. The zero-order valence-electron chi connectivity index (χ0n) is 10.7. The van der Waals surface area contributed by atoms with Gasteiger partial charge >= 0.3 is 64.5 Å². The average molecular weight is 277 g/mol. The van der Waals surface area contributed by atoms with Gasteiger partial charge in [-0.05, 0) is 26.7 Å². The van der Waals surface area contributed by atoms with Gasteiger partial charge in [0.2, 0.25) is 0 Å². The Hall–Kier alpha value is 0.761. The quantitative estimate of drug-likeness (QED) is 0.649. The Bertz CT molecular complexity index is 274. The van der Waals surface area contributed by atoms with Crippen LogP contribution < -0.4 is 51.4 Å². The van der Waals surface area contributed by atoms with Gasteiger partial charge in [0.25, 0.3) is 0 Å². The first-order valence-electron chi connectivity index (χ1n) is 5.26. The maximum atomic E-state index is 12.1. The van der Waals surface area contributed by atoms with E-state index in [1.54, 1.807) is 20.8 Å². The van der Waals surface area contributed by atoms with Crippen molar-refractivity contribution in [3.63, 3.8) is 0 Å². The number of likely N-dealkylation sites (tertiary alicyclic amines) is 1. The molecule has 94 valence electrons. The Labute approximate surface area is 142 Å². The molecule has 1 fully saturated rings. The zero-order valence-corrected chi connectivity index (χ0v) is 13.8. The molecule has 1 aliphatic rings. The summed E-state index contributed by atoms with van der Waals surface area (Å²) in [6.45, 7) is 0.720. The van der Waals surface area contributed by atoms with Gasteiger partial charge in [-0.25, -0.2) is 4.79 Å². The van der Waals surface area contributed by atoms with Crippen molar-refractivity contribution in [1.29, 1.82) is 0 Å². The third kappa shape index (κ3) is 7.05. The van der Waals surface area contributed by atoms with Crippen LogP contribution in [0.15, 0.2) is 0 Å². The van der Waals surface area contributed by atoms with Crippen LogP contribution in [0.4, 0.5) is 17.7 Å². The SMILES string of the molecule is CC(C)(C)OC(=O)N1CC(C[B-](F)(F)F)C1.[K+]. The van der Waals surface area contributed by atoms with Crippen molar-refractivity contribution in [3.05, 3.63) is 0 Å². The molecular formula is C9H16BF3KNO2. The Kier molecular flexibility index (Phi) is 6.56. The fourth-order valence-electron chi connectivity index (χ4n) is 1.57. The molecule has 1 amide bonds. The predicted octanol–water partition coefficient (Wildman–Crippen LogP) is -0.295. The van der Waals surface area contributed by atoms with Gasteiger partial charge in [0.15, 0.2) is 0 Å². The number of hydrogen-bond acceptors (Lipinski definition) is 2. The standard InChI is InChI=1S/C9H16BF3NO2.K/c1-9(2,3)16-8(15)14-5-7(6-14)4-10(11,12)13;/h7H,4-6H2,1-3H3;/q-1;+1. The van der Waals surface area contributed by atoms with Crippen molar-refractivity contribution in [2.75, 3.05) is 13.1 Å². The van der Waals surface area contributed by atoms with Gasteiger partial charge in [0, 0.05) is 13.1 Å². The molecule has 0 saturated carbocycles. The number of amides is 1. The summed E-state index contributed by atoms with van der Waals surface area (Å²) in [4.78, 5) is 12.7. The second-order valence-corrected chi connectivity index (χ2v) is 5.20. The van der Waals surface area contributed by atoms with E-state index in [1.807, 2.05) is 0 Å². The molecule has 0 atom stereocenters. The van der Waals surface area contributed by atoms with E-state index in [4.69, 9.17) is 4.74 Å². The van der Waals surface area contributed by atoms with Crippen molar-refractivity contribution in [2.45, 2.75) is 32.7 Å². The minimum atomic E-state index is -4.75. The van der Waals surface area contributed by atoms with Crippen molar-refractivity contribution >= 4 is 13.1 Å². The van der Waals surface area contributed by atoms with Gasteiger partial charge in [-0.2, -0.15) is 0 Å². The molecule has 0 aromatic carbocycles. The third-order valence-electron chi connectivity index (χ3n) is 2.21. The molecule has 0 aromatic rings. The summed E-state index contributed by atoms with van der Waals surface area (Å²) < 4.78 is 41.2. The van der Waals surface area contributed by atoms with Crippen LogP contribution in [0.1, 0.15) is 20.8 Å². The van der Waals surface area contributed by atoms with Gasteiger partial charge in [-0.1, -0.05) is 6.32 Å². The van der Waals surface area contributed by atoms with Crippen LogP contribution in [0.2, 0.25) is 6.32 Å². The summed E-state index contributed by atoms with van der Waals surface area (Å²) in [5.41, 5.74) is -0.601. The number of carbonyl (C=O) groups is 1. The van der Waals surface area contributed by atoms with E-state index >= 15 is 0 Å². The molecule has 8 heteroatoms. The van der Waals surface area contributed by atoms with Crippen LogP contribution in [-0.2, 0) is 4.74 Å². The molecular weight excluding hydrogens is 261 g/mol. The molecule has 1 rings (SSSR count). The Morgan fingerprint density at radius 1 is 1.35 bits per heavy atom. The van der Waals surface area contributed by atoms with E-state index in [-0.39, 0.29) is 64.5 Å². The van der Waals surface area contributed by atoms with Crippen molar-refractivity contribution in [1.82, 2.24) is 4.90 Å². The molecule has 0 aromatic heterocycles. The van der Waals surface area contributed by atoms with E-state index in [1.165, 1.54) is 4.90 Å². The maximum Gasteiger partial charge on any atom is 1.00 e. The molecule has 3 nitrogen and oxygen atoms in total. The molecule has 0 aliphatic carbocycles. The smallest absolute Gasteiger partial charge is 0.449 e. The minimum absolute atomic E-state index is 0. The van der Waals surface area contributed by atoms with E-state index < -0.39 is 30.9 Å². The van der Waals surface area contributed by atoms with Crippen LogP contribution in [-0.4, -0.2) is 36.7 Å². The Morgan fingerprint density at radius 2 is 1.82 bits per heavy atom. The van der Waals surface area contributed by atoms with Crippen molar-refractivity contribution in [3.8, 4) is 0 Å². The van der Waals surface area contributed by atoms with Crippen LogP contribution in [0.5, 0.6) is 0 Å². The summed E-state index contributed by atoms with van der Waals surface area (Å²) in [5, 5.41) is 0. The second-order valence-electron chi connectivity index (χ2n) is 5.20. The molecule has 0 radical (unpaired) electrons.